The monoisotopic (exact) mass is 462 g/mol. The van der Waals surface area contributed by atoms with Crippen LogP contribution in [0.25, 0.3) is 0 Å². The van der Waals surface area contributed by atoms with Gasteiger partial charge < -0.3 is 20.6 Å². The van der Waals surface area contributed by atoms with E-state index in [2.05, 4.69) is 26.1 Å². The highest BCUT2D eigenvalue weighted by Crippen LogP contribution is 2.47. The van der Waals surface area contributed by atoms with Crippen molar-refractivity contribution in [2.75, 3.05) is 18.9 Å². The first-order chi connectivity index (χ1) is 14.6. The molecule has 2 aromatic carbocycles. The fraction of sp³-hybridized carbons (Fsp3) is 0.417. The molecule has 3 N–H and O–H groups in total. The second-order valence-corrected chi connectivity index (χ2v) is 10.1. The lowest BCUT2D eigenvalue weighted by Crippen LogP contribution is -2.51. The predicted molar refractivity (Wildman–Crippen MR) is 125 cm³/mol. The van der Waals surface area contributed by atoms with E-state index in [1.54, 1.807) is 30.3 Å². The van der Waals surface area contributed by atoms with E-state index in [1.807, 2.05) is 12.1 Å². The van der Waals surface area contributed by atoms with Crippen LogP contribution in [0.15, 0.2) is 42.5 Å². The summed E-state index contributed by atoms with van der Waals surface area (Å²) in [6.45, 7) is 6.74. The minimum atomic E-state index is -1.22. The van der Waals surface area contributed by atoms with Crippen LogP contribution in [0.2, 0.25) is 10.0 Å². The van der Waals surface area contributed by atoms with Gasteiger partial charge in [-0.2, -0.15) is 0 Å². The van der Waals surface area contributed by atoms with Crippen molar-refractivity contribution in [2.24, 2.45) is 5.41 Å². The van der Waals surface area contributed by atoms with Gasteiger partial charge in [-0.05, 0) is 40.8 Å². The Morgan fingerprint density at radius 2 is 1.90 bits per heavy atom. The summed E-state index contributed by atoms with van der Waals surface area (Å²) in [5.74, 6) is -0.690. The molecular weight excluding hydrogens is 435 g/mol. The number of hydrogen-bond donors (Lipinski definition) is 2. The van der Waals surface area contributed by atoms with Gasteiger partial charge in [-0.1, -0.05) is 62.2 Å². The van der Waals surface area contributed by atoms with Gasteiger partial charge in [-0.25, -0.2) is 0 Å². The first-order valence-corrected chi connectivity index (χ1v) is 11.0. The zero-order valence-corrected chi connectivity index (χ0v) is 19.5. The van der Waals surface area contributed by atoms with E-state index in [0.717, 1.165) is 11.8 Å². The van der Waals surface area contributed by atoms with Gasteiger partial charge in [0.2, 0.25) is 5.91 Å². The van der Waals surface area contributed by atoms with Gasteiger partial charge in [0, 0.05) is 34.6 Å². The molecule has 3 rings (SSSR count). The molecule has 0 bridgehead atoms. The Kier molecular flexibility index (Phi) is 6.99. The number of halogens is 2. The lowest BCUT2D eigenvalue weighted by Gasteiger charge is -2.42. The average molecular weight is 463 g/mol. The van der Waals surface area contributed by atoms with E-state index in [-0.39, 0.29) is 24.3 Å². The minimum absolute atomic E-state index is 0.0938. The summed E-state index contributed by atoms with van der Waals surface area (Å²) in [6.07, 6.45) is 0.339. The molecule has 2 aromatic rings. The van der Waals surface area contributed by atoms with Crippen LogP contribution in [0.1, 0.15) is 44.2 Å². The lowest BCUT2D eigenvalue weighted by molar-refractivity contribution is -0.121. The molecule has 1 amide bonds. The number of hydrogen-bond acceptors (Lipinski definition) is 4. The predicted octanol–water partition coefficient (Wildman–Crippen LogP) is 4.75. The van der Waals surface area contributed by atoms with E-state index < -0.39 is 17.4 Å². The topological polar surface area (TPSA) is 81.4 Å². The summed E-state index contributed by atoms with van der Waals surface area (Å²) < 4.78 is 6.34. The highest BCUT2D eigenvalue weighted by atomic mass is 35.5. The fourth-order valence-corrected chi connectivity index (χ4v) is 4.58. The van der Waals surface area contributed by atoms with Crippen molar-refractivity contribution in [1.82, 2.24) is 5.32 Å². The van der Waals surface area contributed by atoms with Gasteiger partial charge in [-0.15, -0.1) is 0 Å². The minimum Gasteiger partial charge on any atom is -0.398 e. The van der Waals surface area contributed by atoms with Crippen LogP contribution in [0.3, 0.4) is 0 Å². The maximum atomic E-state index is 13.0. The largest absolute Gasteiger partial charge is 0.398 e. The zero-order valence-electron chi connectivity index (χ0n) is 18.0. The molecular formula is C24H28Cl2N2O3. The van der Waals surface area contributed by atoms with Gasteiger partial charge in [0.1, 0.15) is 6.29 Å². The number of benzene rings is 2. The summed E-state index contributed by atoms with van der Waals surface area (Å²) >= 11 is 12.4. The number of aldehydes is 1. The van der Waals surface area contributed by atoms with E-state index in [4.69, 9.17) is 33.7 Å². The van der Waals surface area contributed by atoms with Crippen LogP contribution in [-0.2, 0) is 19.7 Å². The molecule has 5 nitrogen and oxygen atoms in total. The quantitative estimate of drug-likeness (QED) is 0.496. The molecule has 0 saturated carbocycles. The Bertz CT molecular complexity index is 974. The maximum Gasteiger partial charge on any atom is 0.220 e. The number of carbonyl (C=O) groups excluding carboxylic acids is 2. The number of nitrogen functional groups attached to an aromatic ring is 1. The highest BCUT2D eigenvalue weighted by molar-refractivity contribution is 6.31. The molecule has 1 aliphatic rings. The van der Waals surface area contributed by atoms with Crippen molar-refractivity contribution < 1.29 is 14.3 Å². The van der Waals surface area contributed by atoms with Crippen LogP contribution in [0.4, 0.5) is 5.69 Å². The molecule has 0 spiro atoms. The SMILES string of the molecule is CC(C)(C)CO[C@@H]1CNC(=O)C[C@H](c2cccc(Cl)c2)[C@]1(C=O)c1ccc(Cl)cc1N. The average Bonchev–Trinajstić information content (AvgIpc) is 2.83. The third kappa shape index (κ3) is 5.05. The second-order valence-electron chi connectivity index (χ2n) is 9.26. The Morgan fingerprint density at radius 1 is 1.19 bits per heavy atom. The van der Waals surface area contributed by atoms with E-state index in [0.29, 0.717) is 27.9 Å². The molecule has 0 aromatic heterocycles. The fourth-order valence-electron chi connectivity index (χ4n) is 4.20. The van der Waals surface area contributed by atoms with Crippen LogP contribution in [0, 0.1) is 5.41 Å². The molecule has 1 aliphatic heterocycles. The van der Waals surface area contributed by atoms with Crippen LogP contribution >= 0.6 is 23.2 Å². The van der Waals surface area contributed by atoms with Crippen molar-refractivity contribution >= 4 is 41.1 Å². The van der Waals surface area contributed by atoms with Gasteiger partial charge >= 0.3 is 0 Å². The molecule has 1 heterocycles. The number of anilines is 1. The number of rotatable bonds is 5. The smallest absolute Gasteiger partial charge is 0.220 e. The maximum absolute atomic E-state index is 13.0. The number of carbonyl (C=O) groups is 2. The van der Waals surface area contributed by atoms with E-state index in [1.165, 1.54) is 0 Å². The molecule has 31 heavy (non-hydrogen) atoms. The summed E-state index contributed by atoms with van der Waals surface area (Å²) in [6, 6.07) is 12.3. The van der Waals surface area contributed by atoms with Crippen molar-refractivity contribution in [1.29, 1.82) is 0 Å². The molecule has 1 saturated heterocycles. The second kappa shape index (κ2) is 9.19. The summed E-state index contributed by atoms with van der Waals surface area (Å²) in [4.78, 5) is 25.7. The van der Waals surface area contributed by atoms with Crippen molar-refractivity contribution in [3.8, 4) is 0 Å². The zero-order chi connectivity index (χ0) is 22.8. The first-order valence-electron chi connectivity index (χ1n) is 10.2. The molecule has 0 aliphatic carbocycles. The summed E-state index contributed by atoms with van der Waals surface area (Å²) in [5, 5.41) is 3.91. The summed E-state index contributed by atoms with van der Waals surface area (Å²) in [5.41, 5.74) is 6.77. The standard InChI is InChI=1S/C24H28Cl2N2O3/c1-23(2,3)14-31-21-12-28-22(30)11-19(15-5-4-6-16(25)9-15)24(21,13-29)18-8-7-17(26)10-20(18)27/h4-10,13,19,21H,11-12,14,27H2,1-3H3,(H,28,30)/t19-,21-,24+/m1/s1. The van der Waals surface area contributed by atoms with Crippen molar-refractivity contribution in [2.45, 2.75) is 44.6 Å². The highest BCUT2D eigenvalue weighted by Gasteiger charge is 2.52. The molecule has 0 unspecified atom stereocenters. The number of amides is 1. The number of nitrogens with two attached hydrogens (primary N) is 1. The van der Waals surface area contributed by atoms with Crippen molar-refractivity contribution in [3.63, 3.8) is 0 Å². The Morgan fingerprint density at radius 3 is 2.52 bits per heavy atom. The molecule has 166 valence electrons. The number of ether oxygens (including phenoxy) is 1. The van der Waals surface area contributed by atoms with Crippen LogP contribution in [0.5, 0.6) is 0 Å². The first kappa shape index (κ1) is 23.6. The lowest BCUT2D eigenvalue weighted by atomic mass is 9.63. The molecule has 3 atom stereocenters. The molecule has 7 heteroatoms. The van der Waals surface area contributed by atoms with E-state index in [9.17, 15) is 9.59 Å². The Balaban J connectivity index is 2.26. The third-order valence-electron chi connectivity index (χ3n) is 5.63. The number of nitrogens with one attached hydrogen (secondary N) is 1. The van der Waals surface area contributed by atoms with Gasteiger partial charge in [0.25, 0.3) is 0 Å². The summed E-state index contributed by atoms with van der Waals surface area (Å²) in [7, 11) is 0. The van der Waals surface area contributed by atoms with Gasteiger partial charge in [-0.3, -0.25) is 4.79 Å². The Labute approximate surface area is 193 Å². The molecule has 0 radical (unpaired) electrons. The molecule has 1 fully saturated rings. The Hall–Kier alpha value is -2.08. The van der Waals surface area contributed by atoms with E-state index >= 15 is 0 Å². The normalized spacial score (nSPS) is 24.4. The van der Waals surface area contributed by atoms with Crippen molar-refractivity contribution in [3.05, 3.63) is 63.6 Å². The van der Waals surface area contributed by atoms with Gasteiger partial charge in [0.15, 0.2) is 0 Å². The van der Waals surface area contributed by atoms with Crippen LogP contribution < -0.4 is 11.1 Å². The third-order valence-corrected chi connectivity index (χ3v) is 6.10. The van der Waals surface area contributed by atoms with Crippen LogP contribution in [-0.4, -0.2) is 31.4 Å². The van der Waals surface area contributed by atoms with Gasteiger partial charge in [0.05, 0.1) is 18.1 Å².